The first-order chi connectivity index (χ1) is 18.3. The van der Waals surface area contributed by atoms with E-state index in [2.05, 4.69) is 15.8 Å². The van der Waals surface area contributed by atoms with Crippen LogP contribution in [0.25, 0.3) is 0 Å². The second-order valence-electron chi connectivity index (χ2n) is 8.73. The monoisotopic (exact) mass is 535 g/mol. The zero-order valence-electron chi connectivity index (χ0n) is 21.7. The Hall–Kier alpha value is -4.18. The number of amides is 2. The molecule has 0 saturated carbocycles. The Balaban J connectivity index is 1.41. The molecule has 38 heavy (non-hydrogen) atoms. The third kappa shape index (κ3) is 5.86. The standard InChI is InChI=1S/C28H29N3O6S/c1-16-8-5-6-9-19(16)15-37-21-13-12-18(14-22(21)35-3)17(2)30-31-26(33)25(32)29-27-24(28(34)36-4)20-10-7-11-23(20)38-27/h5-6,8-9,12-14H,7,10-11,15H2,1-4H3,(H,29,32)(H,31,33)/b30-17+. The molecule has 1 aromatic heterocycles. The number of rotatable bonds is 8. The zero-order chi connectivity index (χ0) is 27.2. The van der Waals surface area contributed by atoms with Crippen molar-refractivity contribution in [1.82, 2.24) is 5.43 Å². The molecular formula is C28H29N3O6S. The van der Waals surface area contributed by atoms with Crippen LogP contribution < -0.4 is 20.2 Å². The molecule has 0 saturated heterocycles. The normalized spacial score (nSPS) is 12.5. The van der Waals surface area contributed by atoms with E-state index in [1.165, 1.54) is 18.4 Å². The molecule has 0 aliphatic heterocycles. The summed E-state index contributed by atoms with van der Waals surface area (Å²) in [7, 11) is 2.83. The van der Waals surface area contributed by atoms with Gasteiger partial charge in [0.2, 0.25) is 0 Å². The SMILES string of the molecule is COC(=O)c1c(NC(=O)C(=O)N/N=C(\C)c2ccc(OCc3ccccc3C)c(OC)c2)sc2c1CCC2. The largest absolute Gasteiger partial charge is 0.493 e. The second-order valence-corrected chi connectivity index (χ2v) is 9.83. The van der Waals surface area contributed by atoms with E-state index in [4.69, 9.17) is 14.2 Å². The molecular weight excluding hydrogens is 506 g/mol. The van der Waals surface area contributed by atoms with Gasteiger partial charge in [-0.15, -0.1) is 11.3 Å². The molecule has 1 heterocycles. The number of esters is 1. The molecule has 9 nitrogen and oxygen atoms in total. The number of thiophene rings is 1. The number of carbonyl (C=O) groups excluding carboxylic acids is 3. The van der Waals surface area contributed by atoms with E-state index in [1.54, 1.807) is 32.2 Å². The second kappa shape index (κ2) is 11.9. The van der Waals surface area contributed by atoms with E-state index in [0.29, 0.717) is 39.9 Å². The van der Waals surface area contributed by atoms with E-state index < -0.39 is 17.8 Å². The molecule has 0 radical (unpaired) electrons. The summed E-state index contributed by atoms with van der Waals surface area (Å²) in [5.41, 5.74) is 6.81. The van der Waals surface area contributed by atoms with Crippen molar-refractivity contribution in [2.75, 3.05) is 19.5 Å². The van der Waals surface area contributed by atoms with Crippen LogP contribution in [0, 0.1) is 6.92 Å². The number of carbonyl (C=O) groups is 3. The maximum absolute atomic E-state index is 12.5. The van der Waals surface area contributed by atoms with Crippen LogP contribution in [0.4, 0.5) is 5.00 Å². The van der Waals surface area contributed by atoms with Crippen LogP contribution in [0.1, 0.15) is 50.8 Å². The van der Waals surface area contributed by atoms with Gasteiger partial charge in [0, 0.05) is 10.4 Å². The number of hydrogen-bond acceptors (Lipinski definition) is 8. The highest BCUT2D eigenvalue weighted by atomic mass is 32.1. The molecule has 1 aliphatic rings. The summed E-state index contributed by atoms with van der Waals surface area (Å²) in [6, 6.07) is 13.3. The maximum Gasteiger partial charge on any atom is 0.341 e. The average molecular weight is 536 g/mol. The molecule has 2 N–H and O–H groups in total. The first-order valence-corrected chi connectivity index (χ1v) is 12.9. The smallest absolute Gasteiger partial charge is 0.341 e. The summed E-state index contributed by atoms with van der Waals surface area (Å²) >= 11 is 1.29. The number of anilines is 1. The quantitative estimate of drug-likeness (QED) is 0.191. The number of hydrogen-bond donors (Lipinski definition) is 2. The fourth-order valence-electron chi connectivity index (χ4n) is 4.16. The van der Waals surface area contributed by atoms with Gasteiger partial charge < -0.3 is 19.5 Å². The van der Waals surface area contributed by atoms with Crippen LogP contribution in [0.2, 0.25) is 0 Å². The summed E-state index contributed by atoms with van der Waals surface area (Å²) in [5, 5.41) is 6.91. The van der Waals surface area contributed by atoms with Crippen molar-refractivity contribution in [3.05, 3.63) is 75.2 Å². The fourth-order valence-corrected chi connectivity index (χ4v) is 5.43. The van der Waals surface area contributed by atoms with Gasteiger partial charge >= 0.3 is 17.8 Å². The van der Waals surface area contributed by atoms with Crippen molar-refractivity contribution in [3.8, 4) is 11.5 Å². The topological polar surface area (TPSA) is 115 Å². The Bertz CT molecular complexity index is 1410. The highest BCUT2D eigenvalue weighted by Crippen LogP contribution is 2.39. The van der Waals surface area contributed by atoms with Crippen molar-refractivity contribution < 1.29 is 28.6 Å². The lowest BCUT2D eigenvalue weighted by Crippen LogP contribution is -2.33. The molecule has 0 fully saturated rings. The third-order valence-corrected chi connectivity index (χ3v) is 7.50. The van der Waals surface area contributed by atoms with Crippen LogP contribution in [0.5, 0.6) is 11.5 Å². The van der Waals surface area contributed by atoms with E-state index in [9.17, 15) is 14.4 Å². The van der Waals surface area contributed by atoms with E-state index >= 15 is 0 Å². The molecule has 2 aromatic carbocycles. The van der Waals surface area contributed by atoms with Gasteiger partial charge in [-0.1, -0.05) is 24.3 Å². The third-order valence-electron chi connectivity index (χ3n) is 6.30. The summed E-state index contributed by atoms with van der Waals surface area (Å²) in [5.74, 6) is -1.34. The summed E-state index contributed by atoms with van der Waals surface area (Å²) in [6.07, 6.45) is 2.51. The first kappa shape index (κ1) is 26.9. The Labute approximate surface area is 224 Å². The molecule has 0 unspecified atom stereocenters. The number of methoxy groups -OCH3 is 2. The lowest BCUT2D eigenvalue weighted by molar-refractivity contribution is -0.136. The van der Waals surface area contributed by atoms with Crippen LogP contribution in [0.3, 0.4) is 0 Å². The fraction of sp³-hybridized carbons (Fsp3) is 0.286. The molecule has 0 bridgehead atoms. The molecule has 10 heteroatoms. The number of benzene rings is 2. The minimum Gasteiger partial charge on any atom is -0.493 e. The van der Waals surface area contributed by atoms with Gasteiger partial charge in [-0.3, -0.25) is 9.59 Å². The molecule has 0 spiro atoms. The molecule has 2 amide bonds. The molecule has 3 aromatic rings. The Morgan fingerprint density at radius 1 is 1.03 bits per heavy atom. The number of hydrazone groups is 1. The average Bonchev–Trinajstić information content (AvgIpc) is 3.51. The predicted molar refractivity (Wildman–Crippen MR) is 145 cm³/mol. The molecule has 4 rings (SSSR count). The molecule has 1 aliphatic carbocycles. The minimum absolute atomic E-state index is 0.313. The van der Waals surface area contributed by atoms with Crippen molar-refractivity contribution in [2.24, 2.45) is 5.10 Å². The van der Waals surface area contributed by atoms with Crippen molar-refractivity contribution in [2.45, 2.75) is 39.7 Å². The van der Waals surface area contributed by atoms with Gasteiger partial charge in [-0.05, 0) is 68.0 Å². The van der Waals surface area contributed by atoms with Crippen molar-refractivity contribution >= 4 is 39.8 Å². The number of fused-ring (bicyclic) bond motifs is 1. The molecule has 198 valence electrons. The Morgan fingerprint density at radius 3 is 2.55 bits per heavy atom. The van der Waals surface area contributed by atoms with E-state index in [0.717, 1.165) is 40.8 Å². The highest BCUT2D eigenvalue weighted by Gasteiger charge is 2.29. The number of nitrogens with zero attached hydrogens (tertiary/aromatic N) is 1. The zero-order valence-corrected chi connectivity index (χ0v) is 22.5. The summed E-state index contributed by atoms with van der Waals surface area (Å²) in [4.78, 5) is 38.3. The van der Waals surface area contributed by atoms with Crippen LogP contribution in [-0.4, -0.2) is 37.7 Å². The van der Waals surface area contributed by atoms with Gasteiger partial charge in [0.1, 0.15) is 11.6 Å². The Morgan fingerprint density at radius 2 is 1.82 bits per heavy atom. The van der Waals surface area contributed by atoms with Crippen LogP contribution in [-0.2, 0) is 33.8 Å². The summed E-state index contributed by atoms with van der Waals surface area (Å²) < 4.78 is 16.3. The maximum atomic E-state index is 12.5. The van der Waals surface area contributed by atoms with Crippen molar-refractivity contribution in [3.63, 3.8) is 0 Å². The Kier molecular flexibility index (Phi) is 8.42. The highest BCUT2D eigenvalue weighted by molar-refractivity contribution is 7.17. The predicted octanol–water partition coefficient (Wildman–Crippen LogP) is 4.40. The van der Waals surface area contributed by atoms with Gasteiger partial charge in [-0.2, -0.15) is 5.10 Å². The molecule has 0 atom stereocenters. The van der Waals surface area contributed by atoms with Gasteiger partial charge in [0.15, 0.2) is 11.5 Å². The summed E-state index contributed by atoms with van der Waals surface area (Å²) in [6.45, 7) is 4.11. The number of aryl methyl sites for hydroxylation is 2. The van der Waals surface area contributed by atoms with Gasteiger partial charge in [0.05, 0.1) is 25.5 Å². The lowest BCUT2D eigenvalue weighted by Gasteiger charge is -2.13. The van der Waals surface area contributed by atoms with Gasteiger partial charge in [0.25, 0.3) is 0 Å². The van der Waals surface area contributed by atoms with Crippen LogP contribution >= 0.6 is 11.3 Å². The lowest BCUT2D eigenvalue weighted by atomic mass is 10.1. The number of nitrogens with one attached hydrogen (secondary N) is 2. The van der Waals surface area contributed by atoms with Crippen molar-refractivity contribution in [1.29, 1.82) is 0 Å². The van der Waals surface area contributed by atoms with Crippen LogP contribution in [0.15, 0.2) is 47.6 Å². The van der Waals surface area contributed by atoms with E-state index in [1.807, 2.05) is 31.2 Å². The van der Waals surface area contributed by atoms with E-state index in [-0.39, 0.29) is 0 Å². The minimum atomic E-state index is -0.959. The first-order valence-electron chi connectivity index (χ1n) is 12.1. The number of ether oxygens (including phenoxy) is 3. The van der Waals surface area contributed by atoms with Gasteiger partial charge in [-0.25, -0.2) is 10.2 Å².